The van der Waals surface area contributed by atoms with Crippen LogP contribution in [-0.4, -0.2) is 82.2 Å². The summed E-state index contributed by atoms with van der Waals surface area (Å²) >= 11 is 0. The molecule has 8 heteroatoms. The Morgan fingerprint density at radius 2 is 1.74 bits per heavy atom. The topological polar surface area (TPSA) is 90.4 Å². The van der Waals surface area contributed by atoms with Gasteiger partial charge < -0.3 is 24.5 Å². The molecule has 43 heavy (non-hydrogen) atoms. The largest absolute Gasteiger partial charge is 0.396 e. The van der Waals surface area contributed by atoms with Gasteiger partial charge in [-0.05, 0) is 63.5 Å². The molecule has 5 rings (SSSR count). The molecule has 6 atom stereocenters. The van der Waals surface area contributed by atoms with Gasteiger partial charge in [0.15, 0.2) is 0 Å². The minimum atomic E-state index is -1.08. The van der Waals surface area contributed by atoms with Gasteiger partial charge in [-0.1, -0.05) is 56.5 Å². The van der Waals surface area contributed by atoms with Gasteiger partial charge in [0.2, 0.25) is 17.7 Å². The molecule has 0 radical (unpaired) electrons. The van der Waals surface area contributed by atoms with E-state index in [0.717, 1.165) is 37.8 Å². The number of unbranched alkanes of at least 4 members (excludes halogenated alkanes) is 2. The van der Waals surface area contributed by atoms with Gasteiger partial charge in [0.25, 0.3) is 0 Å². The SMILES string of the molecule is C=CCN(C(=O)[C@@H]1[C@H]2C(=O)N(CCCCCO)C(C(=O)N(CC=C)C3CCCCC3)C23CC(C)[C@@]1(C)O3)c1ccccc1. The highest BCUT2D eigenvalue weighted by Gasteiger charge is 2.80. The number of rotatable bonds is 13. The number of carbonyl (C=O) groups excluding carboxylic acids is 3. The van der Waals surface area contributed by atoms with E-state index in [9.17, 15) is 19.5 Å². The molecule has 1 aromatic rings. The number of hydrogen-bond donors (Lipinski definition) is 1. The number of aliphatic hydroxyl groups excluding tert-OH is 1. The predicted octanol–water partition coefficient (Wildman–Crippen LogP) is 4.73. The van der Waals surface area contributed by atoms with Crippen LogP contribution in [0, 0.1) is 17.8 Å². The Morgan fingerprint density at radius 1 is 1.05 bits per heavy atom. The van der Waals surface area contributed by atoms with Crippen LogP contribution in [0.2, 0.25) is 0 Å². The summed E-state index contributed by atoms with van der Waals surface area (Å²) in [5, 5.41) is 9.37. The fourth-order valence-corrected chi connectivity index (χ4v) is 8.54. The van der Waals surface area contributed by atoms with E-state index in [1.807, 2.05) is 42.2 Å². The molecule has 4 aliphatic rings. The van der Waals surface area contributed by atoms with Crippen LogP contribution in [0.4, 0.5) is 5.69 Å². The van der Waals surface area contributed by atoms with Crippen LogP contribution in [0.25, 0.3) is 0 Å². The zero-order chi connectivity index (χ0) is 30.8. The van der Waals surface area contributed by atoms with Crippen molar-refractivity contribution < 1.29 is 24.2 Å². The van der Waals surface area contributed by atoms with E-state index in [1.54, 1.807) is 22.0 Å². The number of benzene rings is 1. The number of likely N-dealkylation sites (tertiary alicyclic amines) is 1. The van der Waals surface area contributed by atoms with Gasteiger partial charge in [-0.15, -0.1) is 13.2 Å². The Balaban J connectivity index is 1.57. The summed E-state index contributed by atoms with van der Waals surface area (Å²) in [6, 6.07) is 8.79. The van der Waals surface area contributed by atoms with Crippen LogP contribution in [0.3, 0.4) is 0 Å². The molecule has 1 aliphatic carbocycles. The number of para-hydroxylation sites is 1. The van der Waals surface area contributed by atoms with Crippen LogP contribution in [0.1, 0.15) is 71.6 Å². The zero-order valence-electron chi connectivity index (χ0n) is 26.0. The molecule has 0 aromatic heterocycles. The van der Waals surface area contributed by atoms with Gasteiger partial charge in [0.1, 0.15) is 11.6 Å². The van der Waals surface area contributed by atoms with E-state index in [-0.39, 0.29) is 36.3 Å². The summed E-state index contributed by atoms with van der Waals surface area (Å²) in [5.74, 6) is -1.92. The molecule has 1 aromatic carbocycles. The van der Waals surface area contributed by atoms with Crippen molar-refractivity contribution in [2.24, 2.45) is 17.8 Å². The highest BCUT2D eigenvalue weighted by molar-refractivity contribution is 6.03. The van der Waals surface area contributed by atoms with Crippen molar-refractivity contribution >= 4 is 23.4 Å². The minimum Gasteiger partial charge on any atom is -0.396 e. The molecule has 4 fully saturated rings. The Morgan fingerprint density at radius 3 is 2.40 bits per heavy atom. The number of carbonyl (C=O) groups is 3. The average molecular weight is 592 g/mol. The van der Waals surface area contributed by atoms with E-state index in [2.05, 4.69) is 20.1 Å². The lowest BCUT2D eigenvalue weighted by Gasteiger charge is -2.41. The summed E-state index contributed by atoms with van der Waals surface area (Å²) < 4.78 is 7.01. The molecular formula is C35H49N3O5. The number of fused-ring (bicyclic) bond motifs is 1. The molecule has 1 spiro atoms. The minimum absolute atomic E-state index is 0.0287. The highest BCUT2D eigenvalue weighted by atomic mass is 16.5. The van der Waals surface area contributed by atoms with Crippen LogP contribution >= 0.6 is 0 Å². The summed E-state index contributed by atoms with van der Waals surface area (Å²) in [6.45, 7) is 13.1. The van der Waals surface area contributed by atoms with Crippen molar-refractivity contribution in [2.75, 3.05) is 31.1 Å². The second-order valence-electron chi connectivity index (χ2n) is 13.2. The maximum Gasteiger partial charge on any atom is 0.248 e. The van der Waals surface area contributed by atoms with Gasteiger partial charge in [-0.2, -0.15) is 0 Å². The van der Waals surface area contributed by atoms with Gasteiger partial charge >= 0.3 is 0 Å². The van der Waals surface area contributed by atoms with Crippen molar-refractivity contribution in [3.05, 3.63) is 55.6 Å². The molecule has 2 bridgehead atoms. The first kappa shape index (κ1) is 31.5. The number of ether oxygens (including phenoxy) is 1. The van der Waals surface area contributed by atoms with E-state index >= 15 is 0 Å². The molecule has 1 N–H and O–H groups in total. The van der Waals surface area contributed by atoms with Gasteiger partial charge in [-0.3, -0.25) is 14.4 Å². The van der Waals surface area contributed by atoms with Gasteiger partial charge in [0, 0.05) is 38.0 Å². The fraction of sp³-hybridized carbons (Fsp3) is 0.629. The van der Waals surface area contributed by atoms with E-state index < -0.39 is 29.1 Å². The summed E-state index contributed by atoms with van der Waals surface area (Å²) in [7, 11) is 0. The highest BCUT2D eigenvalue weighted by Crippen LogP contribution is 2.65. The summed E-state index contributed by atoms with van der Waals surface area (Å²) in [4.78, 5) is 49.4. The lowest BCUT2D eigenvalue weighted by Crippen LogP contribution is -2.58. The smallest absolute Gasteiger partial charge is 0.248 e. The number of amides is 3. The second kappa shape index (κ2) is 12.9. The van der Waals surface area contributed by atoms with Crippen LogP contribution in [-0.2, 0) is 19.1 Å². The van der Waals surface area contributed by atoms with Crippen molar-refractivity contribution in [3.63, 3.8) is 0 Å². The normalized spacial score (nSPS) is 31.6. The Bertz CT molecular complexity index is 1200. The molecule has 3 aliphatic heterocycles. The van der Waals surface area contributed by atoms with E-state index in [4.69, 9.17) is 4.74 Å². The number of anilines is 1. The number of nitrogens with zero attached hydrogens (tertiary/aromatic N) is 3. The third kappa shape index (κ3) is 5.35. The quantitative estimate of drug-likeness (QED) is 0.265. The van der Waals surface area contributed by atoms with Crippen molar-refractivity contribution in [1.82, 2.24) is 9.80 Å². The number of aliphatic hydroxyl groups is 1. The third-order valence-corrected chi connectivity index (χ3v) is 10.6. The van der Waals surface area contributed by atoms with Gasteiger partial charge in [0.05, 0.1) is 17.4 Å². The second-order valence-corrected chi connectivity index (χ2v) is 13.2. The first-order valence-corrected chi connectivity index (χ1v) is 16.2. The zero-order valence-corrected chi connectivity index (χ0v) is 26.0. The number of hydrogen-bond acceptors (Lipinski definition) is 5. The summed E-state index contributed by atoms with van der Waals surface area (Å²) in [5.41, 5.74) is -1.22. The van der Waals surface area contributed by atoms with Crippen molar-refractivity contribution in [1.29, 1.82) is 0 Å². The third-order valence-electron chi connectivity index (χ3n) is 10.6. The molecule has 3 saturated heterocycles. The van der Waals surface area contributed by atoms with Crippen molar-refractivity contribution in [3.8, 4) is 0 Å². The Labute approximate surface area is 256 Å². The molecule has 234 valence electrons. The monoisotopic (exact) mass is 591 g/mol. The average Bonchev–Trinajstić information content (AvgIpc) is 3.53. The Hall–Kier alpha value is -2.97. The van der Waals surface area contributed by atoms with E-state index in [1.165, 1.54) is 6.42 Å². The van der Waals surface area contributed by atoms with Crippen LogP contribution in [0.5, 0.6) is 0 Å². The van der Waals surface area contributed by atoms with Crippen molar-refractivity contribution in [2.45, 2.75) is 94.9 Å². The Kier molecular flexibility index (Phi) is 9.47. The van der Waals surface area contributed by atoms with Crippen LogP contribution < -0.4 is 4.90 Å². The van der Waals surface area contributed by atoms with Crippen LogP contribution in [0.15, 0.2) is 55.6 Å². The molecule has 1 saturated carbocycles. The first-order valence-electron chi connectivity index (χ1n) is 16.2. The predicted molar refractivity (Wildman–Crippen MR) is 167 cm³/mol. The molecule has 3 heterocycles. The lowest BCUT2D eigenvalue weighted by atomic mass is 9.62. The standard InChI is InChI=1S/C35H49N3O5/c1-5-20-36(26-16-10-7-11-17-26)31(40)28-29-32(41)38(22-14-9-15-23-39)30(35(29)24-25(3)34(28,4)43-35)33(42)37(21-6-2)27-18-12-8-13-19-27/h5-7,10-11,16-17,25,27-30,39H,1-2,8-9,12-15,18-24H2,3-4H3/t25?,28-,29-,30?,34+,35?/m0/s1. The molecule has 3 unspecified atom stereocenters. The summed E-state index contributed by atoms with van der Waals surface area (Å²) in [6.07, 6.45) is 11.3. The lowest BCUT2D eigenvalue weighted by molar-refractivity contribution is -0.154. The molecule has 3 amide bonds. The van der Waals surface area contributed by atoms with E-state index in [0.29, 0.717) is 38.9 Å². The maximum absolute atomic E-state index is 14.8. The maximum atomic E-state index is 14.8. The fourth-order valence-electron chi connectivity index (χ4n) is 8.54. The first-order chi connectivity index (χ1) is 20.7. The molecule has 8 nitrogen and oxygen atoms in total. The van der Waals surface area contributed by atoms with Gasteiger partial charge in [-0.25, -0.2) is 0 Å². The molecular weight excluding hydrogens is 542 g/mol.